The van der Waals surface area contributed by atoms with Crippen molar-refractivity contribution >= 4 is 14.4 Å². The van der Waals surface area contributed by atoms with Crippen LogP contribution in [0.15, 0.2) is 78.9 Å². The van der Waals surface area contributed by atoms with Crippen LogP contribution in [-0.4, -0.2) is 62.7 Å². The van der Waals surface area contributed by atoms with Gasteiger partial charge < -0.3 is 28.6 Å². The van der Waals surface area contributed by atoms with E-state index < -0.39 is 20.2 Å². The van der Waals surface area contributed by atoms with Gasteiger partial charge in [-0.15, -0.1) is 0 Å². The third-order valence-corrected chi connectivity index (χ3v) is 9.20. The molecule has 3 rings (SSSR count). The van der Waals surface area contributed by atoms with Gasteiger partial charge in [-0.3, -0.25) is 4.79 Å². The molecule has 0 fully saturated rings. The molecule has 0 heterocycles. The molecular weight excluding hydrogens is 589 g/mol. The van der Waals surface area contributed by atoms with E-state index in [9.17, 15) is 4.79 Å². The van der Waals surface area contributed by atoms with E-state index in [-0.39, 0.29) is 44.2 Å². The molecule has 10 heteroatoms. The average Bonchev–Trinajstić information content (AvgIpc) is 3.04. The third-order valence-electron chi connectivity index (χ3n) is 7.13. The molecule has 3 aromatic carbocycles. The summed E-state index contributed by atoms with van der Waals surface area (Å²) in [6.07, 6.45) is 0.258. The topological polar surface area (TPSA) is 102 Å². The van der Waals surface area contributed by atoms with Crippen molar-refractivity contribution in [3.8, 4) is 17.6 Å². The number of amides is 1. The number of benzene rings is 3. The maximum absolute atomic E-state index is 12.4. The van der Waals surface area contributed by atoms with Gasteiger partial charge in [-0.05, 0) is 68.7 Å². The number of carbonyl (C=O) groups is 1. The van der Waals surface area contributed by atoms with E-state index in [2.05, 4.69) is 43.8 Å². The second-order valence-electron chi connectivity index (χ2n) is 11.1. The fourth-order valence-corrected chi connectivity index (χ4v) is 6.84. The van der Waals surface area contributed by atoms with Crippen LogP contribution in [0.1, 0.15) is 57.7 Å². The average molecular weight is 636 g/mol. The highest BCUT2D eigenvalue weighted by atomic mass is 31.2. The van der Waals surface area contributed by atoms with Crippen LogP contribution in [0.2, 0.25) is 0 Å². The zero-order valence-corrected chi connectivity index (χ0v) is 28.3. The number of nitrogens with zero attached hydrogens (tertiary/aromatic N) is 2. The van der Waals surface area contributed by atoms with E-state index in [1.807, 2.05) is 78.9 Å². The van der Waals surface area contributed by atoms with Gasteiger partial charge >= 0.3 is 0 Å². The molecule has 0 aliphatic carbocycles. The molecule has 0 aliphatic rings. The Bertz CT molecular complexity index is 1290. The summed E-state index contributed by atoms with van der Waals surface area (Å²) < 4.78 is 32.6. The van der Waals surface area contributed by atoms with E-state index in [0.29, 0.717) is 0 Å². The van der Waals surface area contributed by atoms with Crippen molar-refractivity contribution in [3.05, 3.63) is 95.6 Å². The van der Waals surface area contributed by atoms with E-state index >= 15 is 0 Å². The zero-order chi connectivity index (χ0) is 32.8. The second-order valence-corrected chi connectivity index (χ2v) is 12.5. The van der Waals surface area contributed by atoms with E-state index in [1.165, 1.54) is 6.92 Å². The van der Waals surface area contributed by atoms with Crippen LogP contribution in [0.5, 0.6) is 11.5 Å². The maximum Gasteiger partial charge on any atom is 0.259 e. The first kappa shape index (κ1) is 36.0. The van der Waals surface area contributed by atoms with Crippen molar-refractivity contribution in [3.63, 3.8) is 0 Å². The monoisotopic (exact) mass is 635 g/mol. The summed E-state index contributed by atoms with van der Waals surface area (Å²) in [7, 11) is 1.76. The van der Waals surface area contributed by atoms with Gasteiger partial charge in [-0.1, -0.05) is 54.6 Å². The summed E-state index contributed by atoms with van der Waals surface area (Å²) in [6.45, 7) is 10.3. The highest BCUT2D eigenvalue weighted by molar-refractivity contribution is 7.44. The van der Waals surface area contributed by atoms with Gasteiger partial charge in [0, 0.05) is 19.0 Å². The SMILES string of the molecule is COc1ccc(C(OCC(COP(OCCC#N)N(C(C)C)C(C)C)NC(C)=O)(c2ccccc2)c2ccc(OC)cc2)cc1. The summed E-state index contributed by atoms with van der Waals surface area (Å²) in [6, 6.07) is 27.5. The lowest BCUT2D eigenvalue weighted by Gasteiger charge is -2.38. The normalized spacial score (nSPS) is 13.0. The number of carbonyl (C=O) groups excluding carboxylic acids is 1. The van der Waals surface area contributed by atoms with Crippen LogP contribution in [0.3, 0.4) is 0 Å². The van der Waals surface area contributed by atoms with Crippen molar-refractivity contribution in [1.29, 1.82) is 5.26 Å². The maximum atomic E-state index is 12.4. The number of hydrogen-bond acceptors (Lipinski definition) is 8. The molecule has 0 saturated heterocycles. The van der Waals surface area contributed by atoms with E-state index in [4.69, 9.17) is 28.5 Å². The van der Waals surface area contributed by atoms with Crippen molar-refractivity contribution < 1.29 is 28.1 Å². The Kier molecular flexibility index (Phi) is 14.3. The second kappa shape index (κ2) is 17.8. The first-order valence-corrected chi connectivity index (χ1v) is 16.3. The summed E-state index contributed by atoms with van der Waals surface area (Å²) in [4.78, 5) is 12.4. The standard InChI is InChI=1S/C35H46N3O6P/c1-26(2)38(27(3)4)45(43-23-11-22-36)44-25-32(37-28(5)39)24-42-35(29-12-9-8-10-13-29,30-14-18-33(40-6)19-15-30)31-16-20-34(41-7)21-17-31/h8-10,12-21,26-27,32H,11,23-25H2,1-7H3,(H,37,39). The van der Waals surface area contributed by atoms with Crippen LogP contribution in [0, 0.1) is 11.3 Å². The van der Waals surface area contributed by atoms with Gasteiger partial charge in [0.1, 0.15) is 17.1 Å². The minimum absolute atomic E-state index is 0.122. The molecule has 1 N–H and O–H groups in total. The fraction of sp³-hybridized carbons (Fsp3) is 0.429. The summed E-state index contributed by atoms with van der Waals surface area (Å²) in [5.74, 6) is 1.25. The molecule has 1 amide bonds. The van der Waals surface area contributed by atoms with Gasteiger partial charge in [0.25, 0.3) is 8.53 Å². The number of rotatable bonds is 18. The van der Waals surface area contributed by atoms with Crippen molar-refractivity contribution in [2.75, 3.05) is 34.0 Å². The Hall–Kier alpha value is -3.51. The lowest BCUT2D eigenvalue weighted by atomic mass is 9.80. The molecule has 3 aromatic rings. The summed E-state index contributed by atoms with van der Waals surface area (Å²) in [5, 5.41) is 12.1. The molecule has 0 saturated carbocycles. The predicted molar refractivity (Wildman–Crippen MR) is 177 cm³/mol. The molecule has 0 bridgehead atoms. The van der Waals surface area contributed by atoms with E-state index in [1.54, 1.807) is 14.2 Å². The Morgan fingerprint density at radius 3 is 1.78 bits per heavy atom. The van der Waals surface area contributed by atoms with Crippen molar-refractivity contribution in [2.45, 2.75) is 64.8 Å². The van der Waals surface area contributed by atoms with Gasteiger partial charge in [-0.25, -0.2) is 4.67 Å². The molecule has 0 aromatic heterocycles. The summed E-state index contributed by atoms with van der Waals surface area (Å²) in [5.41, 5.74) is 1.63. The first-order valence-electron chi connectivity index (χ1n) is 15.1. The predicted octanol–water partition coefficient (Wildman–Crippen LogP) is 6.81. The molecule has 2 atom stereocenters. The smallest absolute Gasteiger partial charge is 0.259 e. The molecule has 0 radical (unpaired) electrons. The molecule has 0 spiro atoms. The third kappa shape index (κ3) is 9.74. The Morgan fingerprint density at radius 1 is 0.822 bits per heavy atom. The van der Waals surface area contributed by atoms with Gasteiger partial charge in [0.05, 0.1) is 52.6 Å². The minimum atomic E-state index is -1.51. The van der Waals surface area contributed by atoms with Crippen LogP contribution < -0.4 is 14.8 Å². The van der Waals surface area contributed by atoms with E-state index in [0.717, 1.165) is 28.2 Å². The molecule has 2 unspecified atom stereocenters. The molecule has 0 aliphatic heterocycles. The van der Waals surface area contributed by atoms with Crippen LogP contribution in [0.25, 0.3) is 0 Å². The Labute approximate surface area is 269 Å². The lowest BCUT2D eigenvalue weighted by molar-refractivity contribution is -0.121. The zero-order valence-electron chi connectivity index (χ0n) is 27.4. The van der Waals surface area contributed by atoms with Crippen molar-refractivity contribution in [2.24, 2.45) is 0 Å². The molecule has 45 heavy (non-hydrogen) atoms. The Morgan fingerprint density at radius 2 is 1.33 bits per heavy atom. The number of hydrogen-bond donors (Lipinski definition) is 1. The van der Waals surface area contributed by atoms with Crippen LogP contribution in [0.4, 0.5) is 0 Å². The van der Waals surface area contributed by atoms with Gasteiger partial charge in [0.15, 0.2) is 0 Å². The number of nitrogens with one attached hydrogen (secondary N) is 1. The number of methoxy groups -OCH3 is 2. The number of ether oxygens (including phenoxy) is 3. The molecule has 242 valence electrons. The highest BCUT2D eigenvalue weighted by Gasteiger charge is 2.39. The van der Waals surface area contributed by atoms with Crippen LogP contribution >= 0.6 is 8.53 Å². The largest absolute Gasteiger partial charge is 0.497 e. The number of nitriles is 1. The molecular formula is C35H46N3O6P. The Balaban J connectivity index is 2.03. The first-order chi connectivity index (χ1) is 21.7. The van der Waals surface area contributed by atoms with Gasteiger partial charge in [0.2, 0.25) is 5.91 Å². The van der Waals surface area contributed by atoms with Crippen molar-refractivity contribution in [1.82, 2.24) is 9.99 Å². The van der Waals surface area contributed by atoms with Crippen LogP contribution in [-0.2, 0) is 24.2 Å². The fourth-order valence-electron chi connectivity index (χ4n) is 5.19. The minimum Gasteiger partial charge on any atom is -0.497 e. The quantitative estimate of drug-likeness (QED) is 0.0924. The highest BCUT2D eigenvalue weighted by Crippen LogP contribution is 2.46. The molecule has 9 nitrogen and oxygen atoms in total. The lowest BCUT2D eigenvalue weighted by Crippen LogP contribution is -2.44. The summed E-state index contributed by atoms with van der Waals surface area (Å²) >= 11 is 0. The van der Waals surface area contributed by atoms with Gasteiger partial charge in [-0.2, -0.15) is 5.26 Å².